The van der Waals surface area contributed by atoms with E-state index in [1.807, 2.05) is 38.5 Å². The normalized spacial score (nSPS) is 11.3. The lowest BCUT2D eigenvalue weighted by atomic mass is 10.1. The molecule has 0 saturated carbocycles. The number of aromatic nitrogens is 1. The van der Waals surface area contributed by atoms with E-state index in [9.17, 15) is 4.79 Å². The maximum absolute atomic E-state index is 12.4. The summed E-state index contributed by atoms with van der Waals surface area (Å²) >= 11 is 0. The third-order valence-corrected chi connectivity index (χ3v) is 3.71. The van der Waals surface area contributed by atoms with E-state index in [1.54, 1.807) is 18.8 Å². The second kappa shape index (κ2) is 7.42. The molecule has 1 aromatic carbocycles. The number of nitrogens with zero attached hydrogens (tertiary/aromatic N) is 2. The molecule has 22 heavy (non-hydrogen) atoms. The average molecular weight is 304 g/mol. The van der Waals surface area contributed by atoms with Crippen molar-refractivity contribution in [2.45, 2.75) is 12.8 Å². The molecule has 0 unspecified atom stereocenters. The van der Waals surface area contributed by atoms with Gasteiger partial charge in [-0.05, 0) is 44.3 Å². The Balaban J connectivity index is 2.41. The Morgan fingerprint density at radius 3 is 2.68 bits per heavy atom. The highest BCUT2D eigenvalue weighted by Crippen LogP contribution is 2.27. The van der Waals surface area contributed by atoms with E-state index in [0.29, 0.717) is 13.0 Å². The van der Waals surface area contributed by atoms with Crippen molar-refractivity contribution in [2.24, 2.45) is 0 Å². The van der Waals surface area contributed by atoms with Crippen molar-refractivity contribution >= 4 is 16.8 Å². The van der Waals surface area contributed by atoms with Crippen LogP contribution in [0.1, 0.15) is 16.8 Å². The maximum atomic E-state index is 12.4. The van der Waals surface area contributed by atoms with Gasteiger partial charge in [-0.15, -0.1) is 0 Å². The van der Waals surface area contributed by atoms with E-state index in [4.69, 9.17) is 9.47 Å². The zero-order valence-corrected chi connectivity index (χ0v) is 13.8. The minimum absolute atomic E-state index is 0.0492. The third-order valence-electron chi connectivity index (χ3n) is 3.71. The lowest BCUT2D eigenvalue weighted by Crippen LogP contribution is -2.15. The van der Waals surface area contributed by atoms with Crippen LogP contribution >= 0.6 is 0 Å². The fourth-order valence-corrected chi connectivity index (χ4v) is 2.46. The molecule has 0 fully saturated rings. The Kier molecular flexibility index (Phi) is 5.57. The molecule has 120 valence electrons. The van der Waals surface area contributed by atoms with Gasteiger partial charge in [0.05, 0.1) is 25.7 Å². The number of likely N-dealkylation sites (N-methyl/N-ethyl adjacent to an activating group) is 1. The molecule has 0 N–H and O–H groups in total. The summed E-state index contributed by atoms with van der Waals surface area (Å²) in [4.78, 5) is 14.5. The van der Waals surface area contributed by atoms with Crippen LogP contribution in [-0.2, 0) is 11.2 Å². The first kappa shape index (κ1) is 16.5. The minimum atomic E-state index is 0.0492. The molecular formula is C17H24N2O3. The van der Waals surface area contributed by atoms with Gasteiger partial charge >= 0.3 is 0 Å². The Bertz CT molecular complexity index is 647. The van der Waals surface area contributed by atoms with E-state index in [1.165, 1.54) is 0 Å². The van der Waals surface area contributed by atoms with Gasteiger partial charge in [-0.25, -0.2) is 0 Å². The van der Waals surface area contributed by atoms with Gasteiger partial charge in [0.2, 0.25) is 5.91 Å². The quantitative estimate of drug-likeness (QED) is 0.788. The number of fused-ring (bicyclic) bond motifs is 1. The van der Waals surface area contributed by atoms with Crippen LogP contribution in [0, 0.1) is 0 Å². The maximum Gasteiger partial charge on any atom is 0.233 e. The van der Waals surface area contributed by atoms with E-state index in [2.05, 4.69) is 4.90 Å². The highest BCUT2D eigenvalue weighted by molar-refractivity contribution is 5.95. The second-order valence-electron chi connectivity index (χ2n) is 5.60. The van der Waals surface area contributed by atoms with Gasteiger partial charge in [-0.1, -0.05) is 0 Å². The fraction of sp³-hybridized carbons (Fsp3) is 0.471. The number of benzene rings is 1. The van der Waals surface area contributed by atoms with Crippen molar-refractivity contribution < 1.29 is 14.3 Å². The van der Waals surface area contributed by atoms with Gasteiger partial charge in [0.25, 0.3) is 0 Å². The molecule has 2 aromatic rings. The van der Waals surface area contributed by atoms with Crippen LogP contribution in [0.4, 0.5) is 0 Å². The number of hydrogen-bond donors (Lipinski definition) is 0. The minimum Gasteiger partial charge on any atom is -0.497 e. The van der Waals surface area contributed by atoms with Crippen LogP contribution in [0.2, 0.25) is 0 Å². The molecule has 0 aliphatic carbocycles. The Morgan fingerprint density at radius 2 is 2.05 bits per heavy atom. The summed E-state index contributed by atoms with van der Waals surface area (Å²) in [6.45, 7) is 1.37. The van der Waals surface area contributed by atoms with Crippen molar-refractivity contribution in [2.75, 3.05) is 41.5 Å². The first-order chi connectivity index (χ1) is 10.6. The number of ether oxygens (including phenoxy) is 2. The molecule has 2 rings (SSSR count). The van der Waals surface area contributed by atoms with Crippen LogP contribution in [0.5, 0.6) is 5.75 Å². The average Bonchev–Trinajstić information content (AvgIpc) is 2.88. The molecule has 0 bridgehead atoms. The summed E-state index contributed by atoms with van der Waals surface area (Å²) in [6, 6.07) is 5.83. The molecule has 0 saturated heterocycles. The number of carbonyl (C=O) groups is 1. The fourth-order valence-electron chi connectivity index (χ4n) is 2.46. The lowest BCUT2D eigenvalue weighted by molar-refractivity contribution is 0.0856. The van der Waals surface area contributed by atoms with E-state index < -0.39 is 0 Å². The Hall–Kier alpha value is -1.85. The summed E-state index contributed by atoms with van der Waals surface area (Å²) in [6.07, 6.45) is 3.21. The molecule has 0 amide bonds. The molecule has 5 heteroatoms. The molecule has 0 atom stereocenters. The predicted octanol–water partition coefficient (Wildman–Crippen LogP) is 2.43. The lowest BCUT2D eigenvalue weighted by Gasteiger charge is -2.08. The van der Waals surface area contributed by atoms with Gasteiger partial charge < -0.3 is 14.4 Å². The topological polar surface area (TPSA) is 43.7 Å². The summed E-state index contributed by atoms with van der Waals surface area (Å²) in [5.41, 5.74) is 2.09. The van der Waals surface area contributed by atoms with Gasteiger partial charge in [0.15, 0.2) is 0 Å². The van der Waals surface area contributed by atoms with Crippen molar-refractivity contribution in [3.05, 3.63) is 30.0 Å². The van der Waals surface area contributed by atoms with Gasteiger partial charge in [-0.2, -0.15) is 0 Å². The van der Waals surface area contributed by atoms with Crippen molar-refractivity contribution in [1.82, 2.24) is 9.47 Å². The van der Waals surface area contributed by atoms with Crippen LogP contribution in [0.25, 0.3) is 10.9 Å². The standard InChI is InChI=1S/C17H24N2O3/c1-18(2)9-7-13-12-19(17(20)8-10-21-3)16-6-5-14(22-4)11-15(13)16/h5-6,11-12H,7-10H2,1-4H3. The zero-order chi connectivity index (χ0) is 16.1. The molecule has 5 nitrogen and oxygen atoms in total. The molecule has 0 spiro atoms. The Morgan fingerprint density at radius 1 is 1.27 bits per heavy atom. The van der Waals surface area contributed by atoms with Gasteiger partial charge in [-0.3, -0.25) is 9.36 Å². The van der Waals surface area contributed by atoms with E-state index in [0.717, 1.165) is 35.2 Å². The van der Waals surface area contributed by atoms with Crippen LogP contribution in [-0.4, -0.2) is 56.8 Å². The van der Waals surface area contributed by atoms with E-state index in [-0.39, 0.29) is 5.91 Å². The van der Waals surface area contributed by atoms with Gasteiger partial charge in [0.1, 0.15) is 5.75 Å². The summed E-state index contributed by atoms with van der Waals surface area (Å²) in [5, 5.41) is 1.08. The molecule has 0 aliphatic heterocycles. The van der Waals surface area contributed by atoms with Gasteiger partial charge in [0, 0.05) is 25.2 Å². The SMILES string of the molecule is COCCC(=O)n1cc(CCN(C)C)c2cc(OC)ccc21. The highest BCUT2D eigenvalue weighted by atomic mass is 16.5. The second-order valence-corrected chi connectivity index (χ2v) is 5.60. The molecule has 1 heterocycles. The first-order valence-corrected chi connectivity index (χ1v) is 7.41. The molecular weight excluding hydrogens is 280 g/mol. The van der Waals surface area contributed by atoms with E-state index >= 15 is 0 Å². The summed E-state index contributed by atoms with van der Waals surface area (Å²) in [7, 11) is 7.35. The van der Waals surface area contributed by atoms with Crippen molar-refractivity contribution in [1.29, 1.82) is 0 Å². The highest BCUT2D eigenvalue weighted by Gasteiger charge is 2.14. The number of methoxy groups -OCH3 is 2. The van der Waals surface area contributed by atoms with Crippen LogP contribution in [0.15, 0.2) is 24.4 Å². The Labute approximate surface area is 131 Å². The van der Waals surface area contributed by atoms with Crippen LogP contribution in [0.3, 0.4) is 0 Å². The smallest absolute Gasteiger partial charge is 0.233 e. The largest absolute Gasteiger partial charge is 0.497 e. The molecule has 1 aromatic heterocycles. The molecule has 0 radical (unpaired) electrons. The third kappa shape index (κ3) is 3.67. The number of hydrogen-bond acceptors (Lipinski definition) is 4. The predicted molar refractivity (Wildman–Crippen MR) is 87.9 cm³/mol. The molecule has 0 aliphatic rings. The van der Waals surface area contributed by atoms with Crippen LogP contribution < -0.4 is 4.74 Å². The number of rotatable bonds is 7. The summed E-state index contributed by atoms with van der Waals surface area (Å²) in [5.74, 6) is 0.855. The van der Waals surface area contributed by atoms with Crippen molar-refractivity contribution in [3.8, 4) is 5.75 Å². The number of carbonyl (C=O) groups excluding carboxylic acids is 1. The van der Waals surface area contributed by atoms with Crippen molar-refractivity contribution in [3.63, 3.8) is 0 Å². The first-order valence-electron chi connectivity index (χ1n) is 7.41. The summed E-state index contributed by atoms with van der Waals surface area (Å²) < 4.78 is 12.1. The zero-order valence-electron chi connectivity index (χ0n) is 13.8. The monoisotopic (exact) mass is 304 g/mol.